The van der Waals surface area contributed by atoms with E-state index < -0.39 is 0 Å². The van der Waals surface area contributed by atoms with Gasteiger partial charge in [0.05, 0.1) is 49.2 Å². The van der Waals surface area contributed by atoms with Gasteiger partial charge >= 0.3 is 0 Å². The molecule has 23 aromatic rings. The molecule has 0 fully saturated rings. The molecule has 0 saturated carbocycles. The van der Waals surface area contributed by atoms with E-state index in [9.17, 15) is 0 Å². The first-order valence-electron chi connectivity index (χ1n) is 40.8. The molecule has 9 nitrogen and oxygen atoms in total. The highest BCUT2D eigenvalue weighted by atomic mass is 79.9. The number of anilines is 12. The molecule has 14 heteroatoms. The van der Waals surface area contributed by atoms with Crippen LogP contribution < -0.4 is 36.0 Å². The molecule has 25 rings (SSSR count). The highest BCUT2D eigenvalue weighted by Crippen LogP contribution is 2.53. The molecular weight excluding hydrogens is 1640 g/mol. The molecule has 586 valence electrons. The number of hydrogen-bond acceptors (Lipinski definition) is 9. The van der Waals surface area contributed by atoms with Crippen LogP contribution >= 0.6 is 50.7 Å². The number of para-hydroxylation sites is 14. The van der Waals surface area contributed by atoms with E-state index in [1.54, 1.807) is 6.07 Å². The maximum atomic E-state index is 7.61. The zero-order valence-electron chi connectivity index (χ0n) is 65.8. The fraction of sp³-hybridized carbons (Fsp3) is 0.00917. The minimum Gasteiger partial charge on any atom is -0.456 e. The summed E-state index contributed by atoms with van der Waals surface area (Å²) < 4.78 is 33.2. The Bertz CT molecular complexity index is 7630. The van der Waals surface area contributed by atoms with Crippen LogP contribution in [0, 0.1) is 0 Å². The average molecular weight is 1710 g/mol. The standard InChI is InChI=1S/C42H25BN2O2.C42H27ClN2O2.C19H14O.C6H3BrCl2/c1-7-24-38-26(12-1)28-14-9-22-36(41(28)46-38)44-32-18-5-3-16-30(32)43-31-17-4-6-19-33(31)45(35-21-11-20-34(44)40(35)43)37-23-10-15-29-27-13-2-8-25-39(27)47-42(29)37;43-40-34(44(28-14-3-1-4-15-28)36-24-11-20-32-30-18-7-9-26-38(30)46-41(32)36)22-13-23-35(40)45(29-16-5-2-6-17-29)37-25-12-21-33-31-19-8-10-27-39(31)47-42(33)37;1-2-7-14(8-3-1)13-15-9-6-11-17-16-10-4-5-12-18(16)20-19(15)17;7-4-2-1-3-5(8)6(4)9/h1-25H;1-27H;1-12H,13H2;1-3H. The van der Waals surface area contributed by atoms with Crippen LogP contribution in [-0.2, 0) is 6.42 Å². The van der Waals surface area contributed by atoms with Crippen molar-refractivity contribution in [3.63, 3.8) is 0 Å². The topological polar surface area (TPSA) is 78.7 Å². The second-order valence-electron chi connectivity index (χ2n) is 30.5. The van der Waals surface area contributed by atoms with Crippen molar-refractivity contribution in [2.24, 2.45) is 0 Å². The summed E-state index contributed by atoms with van der Waals surface area (Å²) in [7, 11) is 0. The maximum absolute atomic E-state index is 7.61. The second kappa shape index (κ2) is 31.6. The van der Waals surface area contributed by atoms with E-state index in [4.69, 9.17) is 56.9 Å². The summed E-state index contributed by atoms with van der Waals surface area (Å²) >= 11 is 22.2. The van der Waals surface area contributed by atoms with E-state index in [1.807, 2.05) is 115 Å². The Morgan fingerprint density at radius 3 is 1.00 bits per heavy atom. The summed E-state index contributed by atoms with van der Waals surface area (Å²) in [6.45, 7) is 0.0610. The molecule has 0 spiro atoms. The van der Waals surface area contributed by atoms with Gasteiger partial charge in [0.15, 0.2) is 22.3 Å². The second-order valence-corrected chi connectivity index (χ2v) is 32.5. The molecule has 0 amide bonds. The first kappa shape index (κ1) is 74.8. The van der Waals surface area contributed by atoms with Crippen LogP contribution in [0.25, 0.3) is 110 Å². The largest absolute Gasteiger partial charge is 0.456 e. The fourth-order valence-corrected chi connectivity index (χ4v) is 19.1. The lowest BCUT2D eigenvalue weighted by Crippen LogP contribution is -2.61. The van der Waals surface area contributed by atoms with Gasteiger partial charge in [0, 0.05) is 98.9 Å². The zero-order chi connectivity index (χ0) is 82.2. The van der Waals surface area contributed by atoms with Crippen molar-refractivity contribution < 1.29 is 22.1 Å². The smallest absolute Gasteiger partial charge is 0.252 e. The molecule has 0 N–H and O–H groups in total. The third-order valence-corrected chi connectivity index (χ3v) is 25.5. The molecule has 0 atom stereocenters. The summed E-state index contributed by atoms with van der Waals surface area (Å²) in [4.78, 5) is 9.18. The van der Waals surface area contributed by atoms with Crippen LogP contribution in [0.1, 0.15) is 11.1 Å². The lowest BCUT2D eigenvalue weighted by Gasteiger charge is -2.43. The van der Waals surface area contributed by atoms with Gasteiger partial charge in [0.2, 0.25) is 0 Å². The van der Waals surface area contributed by atoms with Crippen LogP contribution in [0.2, 0.25) is 15.1 Å². The highest BCUT2D eigenvalue weighted by Gasteiger charge is 2.44. The number of hydrogen-bond donors (Lipinski definition) is 0. The van der Waals surface area contributed by atoms with Crippen LogP contribution in [0.3, 0.4) is 0 Å². The Morgan fingerprint density at radius 1 is 0.252 bits per heavy atom. The van der Waals surface area contributed by atoms with Gasteiger partial charge in [-0.15, -0.1) is 0 Å². The van der Waals surface area contributed by atoms with Gasteiger partial charge in [-0.3, -0.25) is 0 Å². The molecule has 0 unspecified atom stereocenters. The SMILES string of the molecule is Clc1c(N(c2ccccc2)c2cccc3c2oc2ccccc23)cccc1N(c1ccccc1)c1cccc2c1oc1ccccc12.Clc1cccc(Br)c1Cl.c1ccc(Cc2cccc3c2oc2ccccc23)cc1.c1ccc2c(c1)B1c3ccccc3N(c3cccc4c3oc3ccccc34)c3cccc(c31)N2c1cccc2c1oc1ccccc12. The summed E-state index contributed by atoms with van der Waals surface area (Å²) in [6.07, 6.45) is 0.901. The van der Waals surface area contributed by atoms with Crippen molar-refractivity contribution in [3.8, 4) is 0 Å². The van der Waals surface area contributed by atoms with E-state index in [2.05, 4.69) is 321 Å². The summed E-state index contributed by atoms with van der Waals surface area (Å²) in [6, 6.07) is 140. The van der Waals surface area contributed by atoms with E-state index in [-0.39, 0.29) is 6.71 Å². The van der Waals surface area contributed by atoms with Gasteiger partial charge in [-0.05, 0) is 171 Å². The van der Waals surface area contributed by atoms with Crippen molar-refractivity contribution in [2.75, 3.05) is 19.6 Å². The van der Waals surface area contributed by atoms with Crippen LogP contribution in [0.5, 0.6) is 0 Å². The summed E-state index contributed by atoms with van der Waals surface area (Å²) in [5.41, 5.74) is 27.2. The predicted octanol–water partition coefficient (Wildman–Crippen LogP) is 31.6. The van der Waals surface area contributed by atoms with Crippen molar-refractivity contribution >= 4 is 252 Å². The molecule has 5 aromatic heterocycles. The monoisotopic (exact) mass is 1710 g/mol. The Morgan fingerprint density at radius 2 is 0.561 bits per heavy atom. The molecule has 18 aromatic carbocycles. The average Bonchev–Trinajstić information content (AvgIpc) is 0.916. The molecule has 0 bridgehead atoms. The normalized spacial score (nSPS) is 12.0. The lowest BCUT2D eigenvalue weighted by atomic mass is 9.33. The molecule has 123 heavy (non-hydrogen) atoms. The van der Waals surface area contributed by atoms with Crippen LogP contribution in [0.15, 0.2) is 433 Å². The Labute approximate surface area is 731 Å². The van der Waals surface area contributed by atoms with E-state index in [1.165, 1.54) is 38.3 Å². The van der Waals surface area contributed by atoms with Crippen molar-refractivity contribution in [1.82, 2.24) is 0 Å². The third kappa shape index (κ3) is 13.1. The molecule has 0 aliphatic carbocycles. The zero-order valence-corrected chi connectivity index (χ0v) is 69.7. The Hall–Kier alpha value is -14.4. The van der Waals surface area contributed by atoms with Gasteiger partial charge in [0.25, 0.3) is 6.71 Å². The molecule has 0 radical (unpaired) electrons. The van der Waals surface area contributed by atoms with Gasteiger partial charge < -0.3 is 41.7 Å². The summed E-state index contributed by atoms with van der Waals surface area (Å²) in [5.74, 6) is 0. The fourth-order valence-electron chi connectivity index (χ4n) is 18.0. The minimum atomic E-state index is 0.0610. The van der Waals surface area contributed by atoms with E-state index in [0.717, 1.165) is 178 Å². The lowest BCUT2D eigenvalue weighted by molar-refractivity contribution is 0.664. The Kier molecular flexibility index (Phi) is 19.2. The molecule has 7 heterocycles. The van der Waals surface area contributed by atoms with Gasteiger partial charge in [-0.2, -0.15) is 0 Å². The van der Waals surface area contributed by atoms with E-state index >= 15 is 0 Å². The van der Waals surface area contributed by atoms with Crippen LogP contribution in [-0.4, -0.2) is 6.71 Å². The number of benzene rings is 18. The first-order valence-corrected chi connectivity index (χ1v) is 42.7. The van der Waals surface area contributed by atoms with Crippen molar-refractivity contribution in [1.29, 1.82) is 0 Å². The third-order valence-electron chi connectivity index (χ3n) is 23.4. The first-order chi connectivity index (χ1) is 60.7. The number of halogens is 4. The van der Waals surface area contributed by atoms with Crippen molar-refractivity contribution in [2.45, 2.75) is 6.42 Å². The molecule has 2 aliphatic heterocycles. The number of nitrogens with zero attached hydrogens (tertiary/aromatic N) is 4. The highest BCUT2D eigenvalue weighted by molar-refractivity contribution is 9.10. The Balaban J connectivity index is 0.000000111. The minimum absolute atomic E-state index is 0.0610. The molecular formula is C109H69BBrCl3N4O5. The van der Waals surface area contributed by atoms with Crippen molar-refractivity contribution in [3.05, 3.63) is 437 Å². The number of rotatable bonds is 10. The predicted molar refractivity (Wildman–Crippen MR) is 518 cm³/mol. The maximum Gasteiger partial charge on any atom is 0.252 e. The molecule has 2 aliphatic rings. The van der Waals surface area contributed by atoms with Gasteiger partial charge in [-0.1, -0.05) is 314 Å². The molecule has 0 saturated heterocycles. The van der Waals surface area contributed by atoms with Gasteiger partial charge in [0.1, 0.15) is 33.5 Å². The van der Waals surface area contributed by atoms with Gasteiger partial charge in [-0.25, -0.2) is 0 Å². The van der Waals surface area contributed by atoms with Crippen LogP contribution in [0.4, 0.5) is 68.2 Å². The summed E-state index contributed by atoms with van der Waals surface area (Å²) in [5, 5.41) is 12.9. The van der Waals surface area contributed by atoms with E-state index in [0.29, 0.717) is 15.1 Å². The number of furan rings is 5. The number of fused-ring (bicyclic) bond motifs is 19. The quantitative estimate of drug-likeness (QED) is 0.0983.